The Kier molecular flexibility index (Phi) is 4.98. The monoisotopic (exact) mass is 226 g/mol. The molecule has 0 amide bonds. The Morgan fingerprint density at radius 2 is 2.19 bits per heavy atom. The fourth-order valence-electron chi connectivity index (χ4n) is 1.18. The zero-order valence-corrected chi connectivity index (χ0v) is 9.95. The van der Waals surface area contributed by atoms with Crippen LogP contribution in [0.4, 0.5) is 0 Å². The molecule has 0 bridgehead atoms. The predicted molar refractivity (Wildman–Crippen MR) is 60.9 cm³/mol. The molecule has 0 saturated carbocycles. The summed E-state index contributed by atoms with van der Waals surface area (Å²) < 4.78 is 10.3. The molecule has 0 fully saturated rings. The molecule has 0 aliphatic heterocycles. The third kappa shape index (κ3) is 4.02. The van der Waals surface area contributed by atoms with Crippen LogP contribution in [-0.4, -0.2) is 30.3 Å². The van der Waals surface area contributed by atoms with Gasteiger partial charge in [-0.15, -0.1) is 0 Å². The van der Waals surface area contributed by atoms with Crippen molar-refractivity contribution in [3.63, 3.8) is 0 Å². The first kappa shape index (κ1) is 12.7. The molecule has 5 nitrogen and oxygen atoms in total. The minimum atomic E-state index is -0.180. The summed E-state index contributed by atoms with van der Waals surface area (Å²) >= 11 is 0. The van der Waals surface area contributed by atoms with Gasteiger partial charge in [0.15, 0.2) is 0 Å². The van der Waals surface area contributed by atoms with E-state index in [0.717, 1.165) is 6.42 Å². The highest BCUT2D eigenvalue weighted by Gasteiger charge is 2.05. The number of hydrogen-bond donors (Lipinski definition) is 1. The molecule has 0 aliphatic rings. The van der Waals surface area contributed by atoms with Crippen LogP contribution >= 0.6 is 0 Å². The molecule has 1 aromatic heterocycles. The van der Waals surface area contributed by atoms with Crippen LogP contribution < -0.4 is 10.3 Å². The van der Waals surface area contributed by atoms with Crippen molar-refractivity contribution in [3.05, 3.63) is 22.2 Å². The van der Waals surface area contributed by atoms with Gasteiger partial charge in [-0.05, 0) is 0 Å². The summed E-state index contributed by atoms with van der Waals surface area (Å²) in [6, 6.07) is 1.36. The largest absolute Gasteiger partial charge is 0.477 e. The van der Waals surface area contributed by atoms with Gasteiger partial charge in [0.25, 0.3) is 5.56 Å². The van der Waals surface area contributed by atoms with E-state index in [1.165, 1.54) is 6.07 Å². The lowest BCUT2D eigenvalue weighted by Gasteiger charge is -2.08. The number of aromatic amines is 1. The van der Waals surface area contributed by atoms with Crippen LogP contribution in [0.15, 0.2) is 10.9 Å². The fourth-order valence-corrected chi connectivity index (χ4v) is 1.18. The van der Waals surface area contributed by atoms with E-state index in [1.807, 2.05) is 13.8 Å². The topological polar surface area (TPSA) is 64.2 Å². The standard InChI is InChI=1S/C11H18N2O3/c1-8(2)11-12-9(14)7-10(13-11)16-6-4-5-15-3/h7-8H,4-6H2,1-3H3,(H,12,13,14). The number of methoxy groups -OCH3 is 1. The number of nitrogens with one attached hydrogen (secondary N) is 1. The third-order valence-corrected chi connectivity index (χ3v) is 2.03. The average molecular weight is 226 g/mol. The molecular formula is C11H18N2O3. The number of hydrogen-bond acceptors (Lipinski definition) is 4. The van der Waals surface area contributed by atoms with Gasteiger partial charge in [-0.3, -0.25) is 4.79 Å². The van der Waals surface area contributed by atoms with Crippen molar-refractivity contribution in [3.8, 4) is 5.88 Å². The predicted octanol–water partition coefficient (Wildman–Crippen LogP) is 1.31. The van der Waals surface area contributed by atoms with Crippen LogP contribution in [0.3, 0.4) is 0 Å². The molecule has 0 atom stereocenters. The first-order chi connectivity index (χ1) is 7.63. The lowest BCUT2D eigenvalue weighted by Crippen LogP contribution is -2.13. The molecular weight excluding hydrogens is 208 g/mol. The van der Waals surface area contributed by atoms with Crippen LogP contribution in [0.1, 0.15) is 32.0 Å². The van der Waals surface area contributed by atoms with Gasteiger partial charge in [-0.1, -0.05) is 13.8 Å². The maximum atomic E-state index is 11.3. The molecule has 1 aromatic rings. The van der Waals surface area contributed by atoms with Gasteiger partial charge in [0.2, 0.25) is 5.88 Å². The van der Waals surface area contributed by atoms with Crippen LogP contribution in [0.5, 0.6) is 5.88 Å². The Balaban J connectivity index is 2.62. The Hall–Kier alpha value is -1.36. The molecule has 1 rings (SSSR count). The quantitative estimate of drug-likeness (QED) is 0.743. The number of ether oxygens (including phenoxy) is 2. The molecule has 1 heterocycles. The van der Waals surface area contributed by atoms with Crippen molar-refractivity contribution in [2.75, 3.05) is 20.3 Å². The molecule has 0 aromatic carbocycles. The van der Waals surface area contributed by atoms with Crippen molar-refractivity contribution in [1.82, 2.24) is 9.97 Å². The van der Waals surface area contributed by atoms with Gasteiger partial charge in [0.1, 0.15) is 5.82 Å². The van der Waals surface area contributed by atoms with Crippen LogP contribution in [0.25, 0.3) is 0 Å². The normalized spacial score (nSPS) is 10.8. The Labute approximate surface area is 94.8 Å². The van der Waals surface area contributed by atoms with E-state index in [0.29, 0.717) is 24.9 Å². The van der Waals surface area contributed by atoms with E-state index in [4.69, 9.17) is 9.47 Å². The number of aromatic nitrogens is 2. The highest BCUT2D eigenvalue weighted by atomic mass is 16.5. The zero-order valence-electron chi connectivity index (χ0n) is 9.95. The lowest BCUT2D eigenvalue weighted by atomic mass is 10.2. The van der Waals surface area contributed by atoms with Crippen molar-refractivity contribution in [2.24, 2.45) is 0 Å². The Morgan fingerprint density at radius 3 is 2.81 bits per heavy atom. The average Bonchev–Trinajstić information content (AvgIpc) is 2.23. The van der Waals surface area contributed by atoms with Gasteiger partial charge in [-0.2, -0.15) is 4.98 Å². The van der Waals surface area contributed by atoms with E-state index >= 15 is 0 Å². The molecule has 1 N–H and O–H groups in total. The summed E-state index contributed by atoms with van der Waals surface area (Å²) in [4.78, 5) is 18.2. The van der Waals surface area contributed by atoms with Crippen molar-refractivity contribution in [1.29, 1.82) is 0 Å². The lowest BCUT2D eigenvalue weighted by molar-refractivity contribution is 0.170. The maximum Gasteiger partial charge on any atom is 0.254 e. The summed E-state index contributed by atoms with van der Waals surface area (Å²) in [6.45, 7) is 5.07. The van der Waals surface area contributed by atoms with Crippen molar-refractivity contribution >= 4 is 0 Å². The smallest absolute Gasteiger partial charge is 0.254 e. The van der Waals surface area contributed by atoms with Crippen LogP contribution in [0.2, 0.25) is 0 Å². The highest BCUT2D eigenvalue weighted by molar-refractivity contribution is 5.10. The second-order valence-electron chi connectivity index (χ2n) is 3.82. The minimum Gasteiger partial charge on any atom is -0.477 e. The van der Waals surface area contributed by atoms with E-state index < -0.39 is 0 Å². The Morgan fingerprint density at radius 1 is 1.44 bits per heavy atom. The molecule has 0 unspecified atom stereocenters. The summed E-state index contributed by atoms with van der Waals surface area (Å²) in [7, 11) is 1.64. The van der Waals surface area contributed by atoms with Crippen LogP contribution in [-0.2, 0) is 4.74 Å². The summed E-state index contributed by atoms with van der Waals surface area (Å²) in [5.74, 6) is 1.20. The van der Waals surface area contributed by atoms with Gasteiger partial charge < -0.3 is 14.5 Å². The Bertz CT molecular complexity index is 374. The van der Waals surface area contributed by atoms with E-state index in [1.54, 1.807) is 7.11 Å². The zero-order chi connectivity index (χ0) is 12.0. The summed E-state index contributed by atoms with van der Waals surface area (Å²) in [5, 5.41) is 0. The first-order valence-electron chi connectivity index (χ1n) is 5.36. The molecule has 90 valence electrons. The maximum absolute atomic E-state index is 11.3. The van der Waals surface area contributed by atoms with E-state index in [2.05, 4.69) is 9.97 Å². The van der Waals surface area contributed by atoms with Gasteiger partial charge in [0, 0.05) is 26.1 Å². The molecule has 0 spiro atoms. The van der Waals surface area contributed by atoms with Crippen molar-refractivity contribution < 1.29 is 9.47 Å². The molecule has 0 aliphatic carbocycles. The van der Waals surface area contributed by atoms with E-state index in [9.17, 15) is 4.79 Å². The number of H-pyrrole nitrogens is 1. The molecule has 0 saturated heterocycles. The molecule has 0 radical (unpaired) electrons. The highest BCUT2D eigenvalue weighted by Crippen LogP contribution is 2.10. The van der Waals surface area contributed by atoms with Crippen LogP contribution in [0, 0.1) is 0 Å². The second-order valence-corrected chi connectivity index (χ2v) is 3.82. The molecule has 5 heteroatoms. The van der Waals surface area contributed by atoms with Gasteiger partial charge in [-0.25, -0.2) is 0 Å². The fraction of sp³-hybridized carbons (Fsp3) is 0.636. The van der Waals surface area contributed by atoms with Gasteiger partial charge in [0.05, 0.1) is 12.7 Å². The number of nitrogens with zero attached hydrogens (tertiary/aromatic N) is 1. The SMILES string of the molecule is COCCCOc1cc(=O)[nH]c(C(C)C)n1. The summed E-state index contributed by atoms with van der Waals surface area (Å²) in [6.07, 6.45) is 0.780. The number of rotatable bonds is 6. The second kappa shape index (κ2) is 6.27. The first-order valence-corrected chi connectivity index (χ1v) is 5.36. The van der Waals surface area contributed by atoms with E-state index in [-0.39, 0.29) is 11.5 Å². The molecule has 16 heavy (non-hydrogen) atoms. The summed E-state index contributed by atoms with van der Waals surface area (Å²) in [5.41, 5.74) is -0.180. The minimum absolute atomic E-state index is 0.176. The van der Waals surface area contributed by atoms with Gasteiger partial charge >= 0.3 is 0 Å². The third-order valence-electron chi connectivity index (χ3n) is 2.03. The van der Waals surface area contributed by atoms with Crippen molar-refractivity contribution in [2.45, 2.75) is 26.2 Å².